The molecular weight excluding hydrogens is 449 g/mol. The molecule has 1 fully saturated rings. The van der Waals surface area contributed by atoms with Gasteiger partial charge in [-0.1, -0.05) is 25.1 Å². The number of halogens is 1. The molecule has 6 nitrogen and oxygen atoms in total. The van der Waals surface area contributed by atoms with E-state index < -0.39 is 23.5 Å². The molecule has 3 aromatic carbocycles. The highest BCUT2D eigenvalue weighted by molar-refractivity contribution is 6.51. The first kappa shape index (κ1) is 24.0. The van der Waals surface area contributed by atoms with Gasteiger partial charge >= 0.3 is 0 Å². The molecule has 0 aliphatic carbocycles. The smallest absolute Gasteiger partial charge is 0.300 e. The lowest BCUT2D eigenvalue weighted by Gasteiger charge is -2.26. The average molecular weight is 476 g/mol. The molecule has 1 atom stereocenters. The first-order valence-corrected chi connectivity index (χ1v) is 11.3. The zero-order valence-electron chi connectivity index (χ0n) is 19.7. The number of hydrogen-bond acceptors (Lipinski definition) is 5. The van der Waals surface area contributed by atoms with E-state index in [0.717, 1.165) is 6.42 Å². The van der Waals surface area contributed by atoms with Crippen molar-refractivity contribution in [3.63, 3.8) is 0 Å². The highest BCUT2D eigenvalue weighted by atomic mass is 19.1. The van der Waals surface area contributed by atoms with Crippen LogP contribution in [-0.2, 0) is 9.59 Å². The molecule has 35 heavy (non-hydrogen) atoms. The summed E-state index contributed by atoms with van der Waals surface area (Å²) in [4.78, 5) is 27.9. The number of hydrogen-bond donors (Lipinski definition) is 1. The molecule has 1 N–H and O–H groups in total. The third-order valence-electron chi connectivity index (χ3n) is 5.88. The van der Waals surface area contributed by atoms with Crippen LogP contribution in [-0.4, -0.2) is 30.5 Å². The van der Waals surface area contributed by atoms with Crippen LogP contribution in [0.2, 0.25) is 0 Å². The Bertz CT molecular complexity index is 1300. The largest absolute Gasteiger partial charge is 0.507 e. The van der Waals surface area contributed by atoms with E-state index in [4.69, 9.17) is 9.47 Å². The summed E-state index contributed by atoms with van der Waals surface area (Å²) < 4.78 is 24.8. The quantitative estimate of drug-likeness (QED) is 0.275. The minimum atomic E-state index is -0.910. The Labute approximate surface area is 203 Å². The number of anilines is 1. The summed E-state index contributed by atoms with van der Waals surface area (Å²) in [6.45, 7) is 4.13. The van der Waals surface area contributed by atoms with Crippen molar-refractivity contribution in [3.8, 4) is 11.5 Å². The van der Waals surface area contributed by atoms with Crippen molar-refractivity contribution in [2.24, 2.45) is 0 Å². The van der Waals surface area contributed by atoms with E-state index in [9.17, 15) is 19.1 Å². The Balaban J connectivity index is 1.89. The third-order valence-corrected chi connectivity index (χ3v) is 5.88. The van der Waals surface area contributed by atoms with Crippen LogP contribution in [0.3, 0.4) is 0 Å². The number of Topliss-reactive ketones (excluding diaryl/α,β-unsaturated/α-hetero) is 1. The molecule has 0 radical (unpaired) electrons. The van der Waals surface area contributed by atoms with Gasteiger partial charge in [-0.25, -0.2) is 4.39 Å². The van der Waals surface area contributed by atoms with Crippen LogP contribution in [0.25, 0.3) is 5.76 Å². The van der Waals surface area contributed by atoms with Crippen molar-refractivity contribution in [1.29, 1.82) is 0 Å². The Morgan fingerprint density at radius 3 is 2.43 bits per heavy atom. The Hall–Kier alpha value is -4.13. The van der Waals surface area contributed by atoms with Crippen LogP contribution in [0, 0.1) is 12.7 Å². The van der Waals surface area contributed by atoms with Gasteiger partial charge in [0.15, 0.2) is 0 Å². The third kappa shape index (κ3) is 4.62. The van der Waals surface area contributed by atoms with Crippen LogP contribution >= 0.6 is 0 Å². The van der Waals surface area contributed by atoms with Gasteiger partial charge in [0, 0.05) is 17.3 Å². The van der Waals surface area contributed by atoms with Gasteiger partial charge in [-0.05, 0) is 66.9 Å². The number of carbonyl (C=O) groups is 2. The van der Waals surface area contributed by atoms with Gasteiger partial charge < -0.3 is 14.6 Å². The number of aliphatic hydroxyl groups is 1. The first-order valence-electron chi connectivity index (χ1n) is 11.3. The number of benzene rings is 3. The molecule has 0 saturated carbocycles. The van der Waals surface area contributed by atoms with Crippen molar-refractivity contribution in [2.75, 3.05) is 18.6 Å². The van der Waals surface area contributed by atoms with E-state index in [0.29, 0.717) is 34.9 Å². The summed E-state index contributed by atoms with van der Waals surface area (Å²) in [5, 5.41) is 11.2. The van der Waals surface area contributed by atoms with Gasteiger partial charge in [0.25, 0.3) is 11.7 Å². The predicted octanol–water partition coefficient (Wildman–Crippen LogP) is 5.56. The van der Waals surface area contributed by atoms with Gasteiger partial charge in [0.2, 0.25) is 0 Å². The minimum absolute atomic E-state index is 0.0777. The molecule has 1 aliphatic heterocycles. The number of amides is 1. The summed E-state index contributed by atoms with van der Waals surface area (Å²) in [5.41, 5.74) is 1.53. The number of ketones is 1. The number of nitrogens with zero attached hydrogens (tertiary/aromatic N) is 1. The van der Waals surface area contributed by atoms with E-state index in [1.165, 1.54) is 30.2 Å². The number of carbonyl (C=O) groups excluding carboxylic acids is 2. The molecule has 1 saturated heterocycles. The van der Waals surface area contributed by atoms with Crippen molar-refractivity contribution in [3.05, 3.63) is 94.8 Å². The first-order chi connectivity index (χ1) is 16.8. The summed E-state index contributed by atoms with van der Waals surface area (Å²) in [6, 6.07) is 17.0. The van der Waals surface area contributed by atoms with Gasteiger partial charge in [-0.3, -0.25) is 14.5 Å². The monoisotopic (exact) mass is 475 g/mol. The lowest BCUT2D eigenvalue weighted by molar-refractivity contribution is -0.132. The normalized spacial score (nSPS) is 17.0. The summed E-state index contributed by atoms with van der Waals surface area (Å²) in [6.07, 6.45) is 0.856. The average Bonchev–Trinajstić information content (AvgIpc) is 3.14. The maximum Gasteiger partial charge on any atom is 0.300 e. The maximum atomic E-state index is 13.9. The SMILES string of the molecule is CCCOc1ccc(C2/C(=C(\O)c3ccc(F)c(C)c3)C(=O)C(=O)N2c2cccc(OC)c2)cc1. The molecular formula is C28H26FNO5. The molecule has 1 amide bonds. The molecule has 1 heterocycles. The summed E-state index contributed by atoms with van der Waals surface area (Å²) >= 11 is 0. The lowest BCUT2D eigenvalue weighted by Crippen LogP contribution is -2.29. The fraction of sp³-hybridized carbons (Fsp3) is 0.214. The molecule has 4 rings (SSSR count). The van der Waals surface area contributed by atoms with E-state index in [-0.39, 0.29) is 16.9 Å². The van der Waals surface area contributed by atoms with Crippen molar-refractivity contribution >= 4 is 23.1 Å². The Morgan fingerprint density at radius 1 is 1.03 bits per heavy atom. The molecule has 0 spiro atoms. The lowest BCUT2D eigenvalue weighted by atomic mass is 9.94. The second-order valence-electron chi connectivity index (χ2n) is 8.25. The zero-order valence-corrected chi connectivity index (χ0v) is 19.7. The standard InChI is InChI=1S/C28H26FNO5/c1-4-14-35-21-11-8-18(9-12-21)25-24(26(31)19-10-13-23(29)17(2)15-19)27(32)28(33)30(25)20-6-5-7-22(16-20)34-3/h5-13,15-16,25,31H,4,14H2,1-3H3/b26-24+. The van der Waals surface area contributed by atoms with Gasteiger partial charge in [0.1, 0.15) is 23.1 Å². The van der Waals surface area contributed by atoms with Crippen molar-refractivity contribution in [2.45, 2.75) is 26.3 Å². The molecule has 7 heteroatoms. The topological polar surface area (TPSA) is 76.1 Å². The van der Waals surface area contributed by atoms with Crippen LogP contribution < -0.4 is 14.4 Å². The van der Waals surface area contributed by atoms with Gasteiger partial charge in [-0.2, -0.15) is 0 Å². The van der Waals surface area contributed by atoms with E-state index in [1.54, 1.807) is 55.5 Å². The van der Waals surface area contributed by atoms with Crippen LogP contribution in [0.4, 0.5) is 10.1 Å². The second-order valence-corrected chi connectivity index (χ2v) is 8.25. The zero-order chi connectivity index (χ0) is 25.1. The highest BCUT2D eigenvalue weighted by Crippen LogP contribution is 2.43. The Morgan fingerprint density at radius 2 is 1.77 bits per heavy atom. The molecule has 1 aliphatic rings. The molecule has 180 valence electrons. The van der Waals surface area contributed by atoms with Gasteiger partial charge in [0.05, 0.1) is 25.3 Å². The summed E-state index contributed by atoms with van der Waals surface area (Å²) in [5.74, 6) is -1.24. The Kier molecular flexibility index (Phi) is 6.87. The minimum Gasteiger partial charge on any atom is -0.507 e. The molecule has 0 aromatic heterocycles. The van der Waals surface area contributed by atoms with Crippen LogP contribution in [0.1, 0.15) is 36.1 Å². The second kappa shape index (κ2) is 10.0. The highest BCUT2D eigenvalue weighted by Gasteiger charge is 2.47. The van der Waals surface area contributed by atoms with Gasteiger partial charge in [-0.15, -0.1) is 0 Å². The van der Waals surface area contributed by atoms with Crippen LogP contribution in [0.15, 0.2) is 72.3 Å². The molecule has 3 aromatic rings. The van der Waals surface area contributed by atoms with E-state index in [2.05, 4.69) is 0 Å². The summed E-state index contributed by atoms with van der Waals surface area (Å²) in [7, 11) is 1.51. The number of ether oxygens (including phenoxy) is 2. The van der Waals surface area contributed by atoms with Crippen LogP contribution in [0.5, 0.6) is 11.5 Å². The maximum absolute atomic E-state index is 13.9. The number of rotatable bonds is 7. The number of methoxy groups -OCH3 is 1. The predicted molar refractivity (Wildman–Crippen MR) is 131 cm³/mol. The molecule has 0 bridgehead atoms. The van der Waals surface area contributed by atoms with E-state index >= 15 is 0 Å². The van der Waals surface area contributed by atoms with Crippen molar-refractivity contribution < 1.29 is 28.6 Å². The fourth-order valence-electron chi connectivity index (χ4n) is 4.09. The van der Waals surface area contributed by atoms with Crippen molar-refractivity contribution in [1.82, 2.24) is 0 Å². The number of aliphatic hydroxyl groups excluding tert-OH is 1. The van der Waals surface area contributed by atoms with E-state index in [1.807, 2.05) is 6.92 Å². The number of aryl methyl sites for hydroxylation is 1. The fourth-order valence-corrected chi connectivity index (χ4v) is 4.09. The molecule has 1 unspecified atom stereocenters.